The van der Waals surface area contributed by atoms with Gasteiger partial charge in [-0.1, -0.05) is 35.3 Å². The molecule has 0 atom stereocenters. The molecule has 0 saturated heterocycles. The second-order valence-electron chi connectivity index (χ2n) is 2.95. The van der Waals surface area contributed by atoms with Crippen LogP contribution in [0, 0.1) is 5.82 Å². The Morgan fingerprint density at radius 1 is 1.59 bits per heavy atom. The Balaban J connectivity index is 2.59. The van der Waals surface area contributed by atoms with Crippen LogP contribution >= 0.6 is 23.2 Å². The van der Waals surface area contributed by atoms with Gasteiger partial charge in [-0.15, -0.1) is 0 Å². The highest BCUT2D eigenvalue weighted by Gasteiger charge is 2.06. The fourth-order valence-electron chi connectivity index (χ4n) is 0.870. The van der Waals surface area contributed by atoms with E-state index >= 15 is 0 Å². The van der Waals surface area contributed by atoms with Gasteiger partial charge in [0.05, 0.1) is 5.02 Å². The SMILES string of the molecule is CCC(Cl)=NOC(=O)Nc1ccc(F)c(Cl)c1. The van der Waals surface area contributed by atoms with Gasteiger partial charge in [0, 0.05) is 12.1 Å². The van der Waals surface area contributed by atoms with Gasteiger partial charge in [-0.2, -0.15) is 0 Å². The number of nitrogens with zero attached hydrogens (tertiary/aromatic N) is 1. The standard InChI is InChI=1S/C10H9Cl2FN2O2/c1-2-9(12)15-17-10(16)14-6-3-4-8(13)7(11)5-6/h3-5H,2H2,1H3,(H,14,16). The lowest BCUT2D eigenvalue weighted by Crippen LogP contribution is -2.11. The van der Waals surface area contributed by atoms with Gasteiger partial charge < -0.3 is 0 Å². The molecule has 0 aliphatic rings. The number of anilines is 1. The van der Waals surface area contributed by atoms with E-state index in [2.05, 4.69) is 15.3 Å². The van der Waals surface area contributed by atoms with Crippen molar-refractivity contribution in [2.24, 2.45) is 5.16 Å². The fraction of sp³-hybridized carbons (Fsp3) is 0.200. The van der Waals surface area contributed by atoms with Crippen molar-refractivity contribution >= 4 is 40.2 Å². The van der Waals surface area contributed by atoms with E-state index in [-0.39, 0.29) is 10.2 Å². The summed E-state index contributed by atoms with van der Waals surface area (Å²) in [5.41, 5.74) is 0.296. The molecule has 0 aliphatic carbocycles. The summed E-state index contributed by atoms with van der Waals surface area (Å²) in [7, 11) is 0. The molecule has 92 valence electrons. The highest BCUT2D eigenvalue weighted by Crippen LogP contribution is 2.19. The monoisotopic (exact) mass is 278 g/mol. The Hall–Kier alpha value is -1.33. The quantitative estimate of drug-likeness (QED) is 0.516. The molecule has 7 heteroatoms. The molecule has 0 radical (unpaired) electrons. The number of amides is 1. The van der Waals surface area contributed by atoms with Crippen LogP contribution in [0.15, 0.2) is 23.4 Å². The third kappa shape index (κ3) is 4.58. The lowest BCUT2D eigenvalue weighted by molar-refractivity contribution is 0.166. The average Bonchev–Trinajstić information content (AvgIpc) is 2.31. The molecular weight excluding hydrogens is 270 g/mol. The maximum absolute atomic E-state index is 12.8. The van der Waals surface area contributed by atoms with Gasteiger partial charge in [-0.25, -0.2) is 9.18 Å². The molecule has 1 amide bonds. The highest BCUT2D eigenvalue weighted by atomic mass is 35.5. The molecule has 0 fully saturated rings. The zero-order chi connectivity index (χ0) is 12.8. The van der Waals surface area contributed by atoms with Crippen LogP contribution < -0.4 is 5.32 Å². The van der Waals surface area contributed by atoms with Crippen molar-refractivity contribution in [1.82, 2.24) is 0 Å². The van der Waals surface area contributed by atoms with Crippen molar-refractivity contribution in [2.45, 2.75) is 13.3 Å². The Bertz CT molecular complexity index is 452. The number of hydrogen-bond acceptors (Lipinski definition) is 3. The van der Waals surface area contributed by atoms with E-state index in [1.165, 1.54) is 12.1 Å². The Kier molecular flexibility index (Phi) is 5.18. The molecule has 0 saturated carbocycles. The number of carbonyl (C=O) groups is 1. The summed E-state index contributed by atoms with van der Waals surface area (Å²) >= 11 is 11.1. The van der Waals surface area contributed by atoms with Crippen LogP contribution in [-0.2, 0) is 4.84 Å². The van der Waals surface area contributed by atoms with Crippen LogP contribution in [0.5, 0.6) is 0 Å². The third-order valence-electron chi connectivity index (χ3n) is 1.69. The highest BCUT2D eigenvalue weighted by molar-refractivity contribution is 6.65. The van der Waals surface area contributed by atoms with Gasteiger partial charge >= 0.3 is 6.09 Å². The largest absolute Gasteiger partial charge is 0.437 e. The number of nitrogens with one attached hydrogen (secondary N) is 1. The van der Waals surface area contributed by atoms with Crippen molar-refractivity contribution in [1.29, 1.82) is 0 Å². The van der Waals surface area contributed by atoms with E-state index < -0.39 is 11.9 Å². The van der Waals surface area contributed by atoms with E-state index in [9.17, 15) is 9.18 Å². The molecule has 0 unspecified atom stereocenters. The van der Waals surface area contributed by atoms with Gasteiger partial charge in [0.15, 0.2) is 0 Å². The first-order valence-electron chi connectivity index (χ1n) is 4.68. The number of oxime groups is 1. The molecule has 4 nitrogen and oxygen atoms in total. The first-order chi connectivity index (χ1) is 8.02. The van der Waals surface area contributed by atoms with Crippen LogP contribution in [0.1, 0.15) is 13.3 Å². The van der Waals surface area contributed by atoms with Crippen molar-refractivity contribution in [2.75, 3.05) is 5.32 Å². The van der Waals surface area contributed by atoms with Gasteiger partial charge in [-0.05, 0) is 18.2 Å². The predicted molar refractivity (Wildman–Crippen MR) is 65.1 cm³/mol. The Labute approximate surface area is 107 Å². The number of benzene rings is 1. The average molecular weight is 279 g/mol. The molecule has 0 spiro atoms. The fourth-order valence-corrected chi connectivity index (χ4v) is 1.09. The zero-order valence-corrected chi connectivity index (χ0v) is 10.3. The number of halogens is 3. The van der Waals surface area contributed by atoms with E-state index in [1.54, 1.807) is 6.92 Å². The molecule has 1 N–H and O–H groups in total. The van der Waals surface area contributed by atoms with Crippen molar-refractivity contribution < 1.29 is 14.0 Å². The van der Waals surface area contributed by atoms with Gasteiger partial charge in [0.2, 0.25) is 0 Å². The van der Waals surface area contributed by atoms with Crippen LogP contribution in [-0.4, -0.2) is 11.3 Å². The number of hydrogen-bond donors (Lipinski definition) is 1. The molecule has 17 heavy (non-hydrogen) atoms. The molecule has 1 rings (SSSR count). The summed E-state index contributed by atoms with van der Waals surface area (Å²) < 4.78 is 12.8. The smallest absolute Gasteiger partial charge is 0.297 e. The minimum absolute atomic E-state index is 0.0992. The summed E-state index contributed by atoms with van der Waals surface area (Å²) in [5, 5.41) is 5.72. The molecule has 0 bridgehead atoms. The van der Waals surface area contributed by atoms with Gasteiger partial charge in [0.25, 0.3) is 0 Å². The van der Waals surface area contributed by atoms with Crippen molar-refractivity contribution in [3.8, 4) is 0 Å². The lowest BCUT2D eigenvalue weighted by atomic mass is 10.3. The topological polar surface area (TPSA) is 50.7 Å². The normalized spacial score (nSPS) is 11.2. The molecular formula is C10H9Cl2FN2O2. The Morgan fingerprint density at radius 2 is 2.29 bits per heavy atom. The van der Waals surface area contributed by atoms with E-state index in [0.29, 0.717) is 12.1 Å². The second-order valence-corrected chi connectivity index (χ2v) is 3.80. The van der Waals surface area contributed by atoms with Gasteiger partial charge in [-0.3, -0.25) is 10.2 Å². The molecule has 0 heterocycles. The first kappa shape index (κ1) is 13.7. The molecule has 1 aromatic rings. The van der Waals surface area contributed by atoms with E-state index in [1.807, 2.05) is 0 Å². The number of rotatable bonds is 3. The molecule has 0 aromatic heterocycles. The predicted octanol–water partition coefficient (Wildman–Crippen LogP) is 3.99. The lowest BCUT2D eigenvalue weighted by Gasteiger charge is -2.03. The number of carbonyl (C=O) groups excluding carboxylic acids is 1. The summed E-state index contributed by atoms with van der Waals surface area (Å²) in [6.45, 7) is 1.76. The van der Waals surface area contributed by atoms with Crippen LogP contribution in [0.3, 0.4) is 0 Å². The zero-order valence-electron chi connectivity index (χ0n) is 8.84. The van der Waals surface area contributed by atoms with Crippen LogP contribution in [0.4, 0.5) is 14.9 Å². The second kappa shape index (κ2) is 6.42. The van der Waals surface area contributed by atoms with E-state index in [4.69, 9.17) is 23.2 Å². The summed E-state index contributed by atoms with van der Waals surface area (Å²) in [5.74, 6) is -0.572. The van der Waals surface area contributed by atoms with E-state index in [0.717, 1.165) is 6.07 Å². The molecule has 1 aromatic carbocycles. The maximum atomic E-state index is 12.8. The van der Waals surface area contributed by atoms with Crippen molar-refractivity contribution in [3.63, 3.8) is 0 Å². The summed E-state index contributed by atoms with van der Waals surface area (Å²) in [6.07, 6.45) is -0.378. The summed E-state index contributed by atoms with van der Waals surface area (Å²) in [6, 6.07) is 3.72. The minimum Gasteiger partial charge on any atom is -0.297 e. The minimum atomic E-state index is -0.834. The van der Waals surface area contributed by atoms with Crippen molar-refractivity contribution in [3.05, 3.63) is 29.0 Å². The van der Waals surface area contributed by atoms with Crippen LogP contribution in [0.2, 0.25) is 5.02 Å². The van der Waals surface area contributed by atoms with Crippen LogP contribution in [0.25, 0.3) is 0 Å². The molecule has 0 aliphatic heterocycles. The third-order valence-corrected chi connectivity index (χ3v) is 2.31. The van der Waals surface area contributed by atoms with Gasteiger partial charge in [0.1, 0.15) is 11.0 Å². The maximum Gasteiger partial charge on any atom is 0.437 e. The Morgan fingerprint density at radius 3 is 2.88 bits per heavy atom. The summed E-state index contributed by atoms with van der Waals surface area (Å²) in [4.78, 5) is 15.6. The first-order valence-corrected chi connectivity index (χ1v) is 5.44.